The minimum atomic E-state index is -3.90. The Labute approximate surface area is 134 Å². The zero-order chi connectivity index (χ0) is 15.6. The molecule has 21 heavy (non-hydrogen) atoms. The number of carbonyl (C=O) groups is 1. The first kappa shape index (κ1) is 15.8. The van der Waals surface area contributed by atoms with Crippen LogP contribution < -0.4 is 4.72 Å². The van der Waals surface area contributed by atoms with E-state index in [1.165, 1.54) is 30.3 Å². The molecule has 0 bridgehead atoms. The fourth-order valence-electron chi connectivity index (χ4n) is 1.64. The van der Waals surface area contributed by atoms with Crippen LogP contribution in [0.3, 0.4) is 0 Å². The van der Waals surface area contributed by atoms with Crippen molar-refractivity contribution < 1.29 is 18.3 Å². The van der Waals surface area contributed by atoms with E-state index in [2.05, 4.69) is 20.7 Å². The first-order chi connectivity index (χ1) is 9.79. The Kier molecular flexibility index (Phi) is 4.55. The highest BCUT2D eigenvalue weighted by molar-refractivity contribution is 9.10. The predicted octanol–water partition coefficient (Wildman–Crippen LogP) is 3.60. The molecule has 0 amide bonds. The Morgan fingerprint density at radius 1 is 1.19 bits per heavy atom. The van der Waals surface area contributed by atoms with Gasteiger partial charge in [0.05, 0.1) is 16.3 Å². The molecule has 0 atom stereocenters. The number of anilines is 1. The molecular formula is C13H9BrClNO4S. The number of carboxylic acid groups (broad SMARTS) is 1. The predicted molar refractivity (Wildman–Crippen MR) is 83.4 cm³/mol. The van der Waals surface area contributed by atoms with Crippen molar-refractivity contribution >= 4 is 49.2 Å². The number of hydrogen-bond acceptors (Lipinski definition) is 3. The molecule has 0 aliphatic carbocycles. The van der Waals surface area contributed by atoms with Gasteiger partial charge in [0.2, 0.25) is 0 Å². The van der Waals surface area contributed by atoms with Crippen molar-refractivity contribution in [3.8, 4) is 0 Å². The number of aromatic carboxylic acids is 1. The lowest BCUT2D eigenvalue weighted by atomic mass is 10.2. The molecule has 0 unspecified atom stereocenters. The lowest BCUT2D eigenvalue weighted by molar-refractivity contribution is 0.0697. The number of sulfonamides is 1. The SMILES string of the molecule is O=C(O)c1cc(Br)cc(NS(=O)(=O)c2ccccc2Cl)c1. The summed E-state index contributed by atoms with van der Waals surface area (Å²) in [5, 5.41) is 9.06. The number of nitrogens with one attached hydrogen (secondary N) is 1. The Morgan fingerprint density at radius 3 is 2.48 bits per heavy atom. The lowest BCUT2D eigenvalue weighted by Gasteiger charge is -2.10. The molecular weight excluding hydrogens is 382 g/mol. The van der Waals surface area contributed by atoms with Crippen LogP contribution in [0.2, 0.25) is 5.02 Å². The topological polar surface area (TPSA) is 83.5 Å². The molecule has 0 saturated heterocycles. The van der Waals surface area contributed by atoms with E-state index in [-0.39, 0.29) is 21.2 Å². The van der Waals surface area contributed by atoms with Gasteiger partial charge in [-0.3, -0.25) is 4.72 Å². The molecule has 0 saturated carbocycles. The largest absolute Gasteiger partial charge is 0.478 e. The molecule has 0 aromatic heterocycles. The van der Waals surface area contributed by atoms with Crippen molar-refractivity contribution in [3.05, 3.63) is 57.5 Å². The quantitative estimate of drug-likeness (QED) is 0.835. The van der Waals surface area contributed by atoms with Crippen LogP contribution in [-0.2, 0) is 10.0 Å². The molecule has 0 radical (unpaired) electrons. The molecule has 110 valence electrons. The third-order valence-corrected chi connectivity index (χ3v) is 4.86. The summed E-state index contributed by atoms with van der Waals surface area (Å²) < 4.78 is 27.3. The van der Waals surface area contributed by atoms with Gasteiger partial charge in [-0.25, -0.2) is 13.2 Å². The molecule has 0 heterocycles. The van der Waals surface area contributed by atoms with Gasteiger partial charge in [-0.15, -0.1) is 0 Å². The van der Waals surface area contributed by atoms with Crippen LogP contribution in [0.4, 0.5) is 5.69 Å². The van der Waals surface area contributed by atoms with Crippen LogP contribution in [0, 0.1) is 0 Å². The van der Waals surface area contributed by atoms with Gasteiger partial charge < -0.3 is 5.11 Å². The Morgan fingerprint density at radius 2 is 1.86 bits per heavy atom. The Balaban J connectivity index is 2.42. The van der Waals surface area contributed by atoms with Crippen molar-refractivity contribution in [1.29, 1.82) is 0 Å². The van der Waals surface area contributed by atoms with Gasteiger partial charge in [-0.2, -0.15) is 0 Å². The molecule has 8 heteroatoms. The minimum absolute atomic E-state index is 0.0405. The number of hydrogen-bond donors (Lipinski definition) is 2. The van der Waals surface area contributed by atoms with E-state index in [0.717, 1.165) is 0 Å². The summed E-state index contributed by atoms with van der Waals surface area (Å²) in [6, 6.07) is 10.0. The van der Waals surface area contributed by atoms with Gasteiger partial charge in [0.15, 0.2) is 0 Å². The first-order valence-electron chi connectivity index (χ1n) is 5.61. The van der Waals surface area contributed by atoms with Gasteiger partial charge >= 0.3 is 5.97 Å². The lowest BCUT2D eigenvalue weighted by Crippen LogP contribution is -2.14. The van der Waals surface area contributed by atoms with Gasteiger partial charge in [0.25, 0.3) is 10.0 Å². The van der Waals surface area contributed by atoms with E-state index in [1.54, 1.807) is 12.1 Å². The first-order valence-corrected chi connectivity index (χ1v) is 8.26. The minimum Gasteiger partial charge on any atom is -0.478 e. The fourth-order valence-corrected chi connectivity index (χ4v) is 3.70. The van der Waals surface area contributed by atoms with Crippen LogP contribution in [0.1, 0.15) is 10.4 Å². The van der Waals surface area contributed by atoms with Crippen molar-refractivity contribution in [2.75, 3.05) is 4.72 Å². The number of benzene rings is 2. The molecule has 2 aromatic carbocycles. The zero-order valence-electron chi connectivity index (χ0n) is 10.4. The zero-order valence-corrected chi connectivity index (χ0v) is 13.5. The van der Waals surface area contributed by atoms with E-state index < -0.39 is 16.0 Å². The summed E-state index contributed by atoms with van der Waals surface area (Å²) in [4.78, 5) is 10.9. The highest BCUT2D eigenvalue weighted by atomic mass is 79.9. The maximum atomic E-state index is 12.3. The van der Waals surface area contributed by atoms with Gasteiger partial charge in [0.1, 0.15) is 4.90 Å². The summed E-state index contributed by atoms with van der Waals surface area (Å²) in [6.45, 7) is 0. The average Bonchev–Trinajstić information content (AvgIpc) is 2.37. The second-order valence-corrected chi connectivity index (χ2v) is 7.04. The standard InChI is InChI=1S/C13H9BrClNO4S/c14-9-5-8(13(17)18)6-10(7-9)16-21(19,20)12-4-2-1-3-11(12)15/h1-7,16H,(H,17,18). The summed E-state index contributed by atoms with van der Waals surface area (Å²) in [5.41, 5.74) is 0.0860. The summed E-state index contributed by atoms with van der Waals surface area (Å²) in [5.74, 6) is -1.16. The van der Waals surface area contributed by atoms with Crippen LogP contribution >= 0.6 is 27.5 Å². The van der Waals surface area contributed by atoms with Crippen LogP contribution in [0.15, 0.2) is 51.8 Å². The number of halogens is 2. The Hall–Kier alpha value is -1.57. The normalized spacial score (nSPS) is 11.1. The molecule has 0 aliphatic heterocycles. The highest BCUT2D eigenvalue weighted by Gasteiger charge is 2.18. The van der Waals surface area contributed by atoms with Crippen molar-refractivity contribution in [2.24, 2.45) is 0 Å². The van der Waals surface area contributed by atoms with E-state index in [9.17, 15) is 13.2 Å². The van der Waals surface area contributed by atoms with Gasteiger partial charge in [0, 0.05) is 4.47 Å². The summed E-state index contributed by atoms with van der Waals surface area (Å²) in [6.07, 6.45) is 0. The second kappa shape index (κ2) is 6.05. The molecule has 2 N–H and O–H groups in total. The molecule has 2 rings (SSSR count). The molecule has 0 spiro atoms. The van der Waals surface area contributed by atoms with Gasteiger partial charge in [-0.1, -0.05) is 39.7 Å². The molecule has 5 nitrogen and oxygen atoms in total. The van der Waals surface area contributed by atoms with E-state index in [1.807, 2.05) is 0 Å². The number of rotatable bonds is 4. The highest BCUT2D eigenvalue weighted by Crippen LogP contribution is 2.25. The third-order valence-electron chi connectivity index (χ3n) is 2.52. The second-order valence-electron chi connectivity index (χ2n) is 4.07. The summed E-state index contributed by atoms with van der Waals surface area (Å²) in [7, 11) is -3.90. The molecule has 0 fully saturated rings. The smallest absolute Gasteiger partial charge is 0.335 e. The average molecular weight is 391 g/mol. The third kappa shape index (κ3) is 3.75. The fraction of sp³-hybridized carbons (Fsp3) is 0. The van der Waals surface area contributed by atoms with Crippen molar-refractivity contribution in [2.45, 2.75) is 4.90 Å². The van der Waals surface area contributed by atoms with Crippen LogP contribution in [0.25, 0.3) is 0 Å². The van der Waals surface area contributed by atoms with Crippen LogP contribution in [0.5, 0.6) is 0 Å². The monoisotopic (exact) mass is 389 g/mol. The van der Waals surface area contributed by atoms with Crippen LogP contribution in [-0.4, -0.2) is 19.5 Å². The van der Waals surface area contributed by atoms with Crippen molar-refractivity contribution in [1.82, 2.24) is 0 Å². The van der Waals surface area contributed by atoms with Gasteiger partial charge in [-0.05, 0) is 30.3 Å². The maximum absolute atomic E-state index is 12.3. The van der Waals surface area contributed by atoms with E-state index in [4.69, 9.17) is 16.7 Å². The van der Waals surface area contributed by atoms with Crippen molar-refractivity contribution in [3.63, 3.8) is 0 Å². The molecule has 0 aliphatic rings. The molecule has 2 aromatic rings. The summed E-state index contributed by atoms with van der Waals surface area (Å²) >= 11 is 9.00. The Bertz CT molecular complexity index is 808. The van der Waals surface area contributed by atoms with E-state index in [0.29, 0.717) is 4.47 Å². The number of carboxylic acids is 1. The maximum Gasteiger partial charge on any atom is 0.335 e. The van der Waals surface area contributed by atoms with E-state index >= 15 is 0 Å².